The van der Waals surface area contributed by atoms with Gasteiger partial charge in [0.25, 0.3) is 0 Å². The zero-order valence-electron chi connectivity index (χ0n) is 8.37. The van der Waals surface area contributed by atoms with Gasteiger partial charge in [-0.25, -0.2) is 4.39 Å². The van der Waals surface area contributed by atoms with Crippen LogP contribution in [-0.4, -0.2) is 20.3 Å². The second-order valence-corrected chi connectivity index (χ2v) is 3.27. The lowest BCUT2D eigenvalue weighted by Gasteiger charge is -2.14. The Labute approximate surface area is 83.9 Å². The van der Waals surface area contributed by atoms with Gasteiger partial charge >= 0.3 is 0 Å². The fourth-order valence-electron chi connectivity index (χ4n) is 1.42. The Morgan fingerprint density at radius 2 is 2.00 bits per heavy atom. The maximum absolute atomic E-state index is 12.7. The molecule has 0 aliphatic heterocycles. The Kier molecular flexibility index (Phi) is 4.56. The van der Waals surface area contributed by atoms with Crippen molar-refractivity contribution < 1.29 is 9.13 Å². The molecule has 3 heteroatoms. The maximum atomic E-state index is 12.7. The van der Waals surface area contributed by atoms with Crippen molar-refractivity contribution in [2.75, 3.05) is 20.3 Å². The average Bonchev–Trinajstić information content (AvgIpc) is 2.21. The van der Waals surface area contributed by atoms with Crippen LogP contribution in [0.1, 0.15) is 17.9 Å². The summed E-state index contributed by atoms with van der Waals surface area (Å²) in [5.74, 6) is 0.0480. The Balaban J connectivity index is 2.64. The predicted octanol–water partition coefficient (Wildman–Crippen LogP) is 1.90. The first-order valence-electron chi connectivity index (χ1n) is 4.72. The third kappa shape index (κ3) is 3.09. The van der Waals surface area contributed by atoms with Crippen LogP contribution >= 0.6 is 0 Å². The van der Waals surface area contributed by atoms with E-state index in [1.54, 1.807) is 19.2 Å². The van der Waals surface area contributed by atoms with Gasteiger partial charge in [-0.15, -0.1) is 0 Å². The molecule has 0 spiro atoms. The van der Waals surface area contributed by atoms with E-state index in [1.165, 1.54) is 12.1 Å². The summed E-state index contributed by atoms with van der Waals surface area (Å²) in [5, 5.41) is 0. The van der Waals surface area contributed by atoms with Crippen LogP contribution in [0.3, 0.4) is 0 Å². The normalized spacial score (nSPS) is 12.8. The van der Waals surface area contributed by atoms with Crippen LogP contribution in [0.4, 0.5) is 4.39 Å². The highest BCUT2D eigenvalue weighted by Crippen LogP contribution is 2.18. The van der Waals surface area contributed by atoms with Crippen molar-refractivity contribution >= 4 is 0 Å². The lowest BCUT2D eigenvalue weighted by molar-refractivity contribution is 0.188. The highest BCUT2D eigenvalue weighted by atomic mass is 19.1. The molecule has 1 aromatic rings. The van der Waals surface area contributed by atoms with Gasteiger partial charge in [-0.05, 0) is 36.6 Å². The Morgan fingerprint density at radius 3 is 2.50 bits per heavy atom. The number of methoxy groups -OCH3 is 1. The van der Waals surface area contributed by atoms with Crippen LogP contribution in [0.25, 0.3) is 0 Å². The van der Waals surface area contributed by atoms with Crippen LogP contribution in [0, 0.1) is 5.82 Å². The van der Waals surface area contributed by atoms with Crippen molar-refractivity contribution in [3.05, 3.63) is 35.6 Å². The number of hydrogen-bond acceptors (Lipinski definition) is 2. The number of halogens is 1. The van der Waals surface area contributed by atoms with Gasteiger partial charge in [0.15, 0.2) is 0 Å². The van der Waals surface area contributed by atoms with Crippen molar-refractivity contribution in [1.82, 2.24) is 0 Å². The van der Waals surface area contributed by atoms with Gasteiger partial charge < -0.3 is 10.5 Å². The molecule has 0 radical (unpaired) electrons. The third-order valence-corrected chi connectivity index (χ3v) is 2.30. The maximum Gasteiger partial charge on any atom is 0.123 e. The van der Waals surface area contributed by atoms with E-state index >= 15 is 0 Å². The Bertz CT molecular complexity index is 260. The molecule has 0 heterocycles. The first kappa shape index (κ1) is 11.1. The minimum Gasteiger partial charge on any atom is -0.385 e. The Hall–Kier alpha value is -0.930. The number of benzene rings is 1. The summed E-state index contributed by atoms with van der Waals surface area (Å²) in [6.07, 6.45) is 0.874. The van der Waals surface area contributed by atoms with E-state index in [0.29, 0.717) is 13.2 Å². The molecule has 0 saturated heterocycles. The van der Waals surface area contributed by atoms with Gasteiger partial charge in [0.1, 0.15) is 5.82 Å². The first-order chi connectivity index (χ1) is 6.77. The van der Waals surface area contributed by atoms with E-state index in [-0.39, 0.29) is 11.7 Å². The zero-order valence-corrected chi connectivity index (χ0v) is 8.37. The van der Waals surface area contributed by atoms with Crippen molar-refractivity contribution in [3.8, 4) is 0 Å². The minimum absolute atomic E-state index is 0.212. The molecular weight excluding hydrogens is 181 g/mol. The first-order valence-corrected chi connectivity index (χ1v) is 4.72. The number of hydrogen-bond donors (Lipinski definition) is 1. The van der Waals surface area contributed by atoms with Crippen molar-refractivity contribution in [1.29, 1.82) is 0 Å². The van der Waals surface area contributed by atoms with Gasteiger partial charge in [0.05, 0.1) is 0 Å². The van der Waals surface area contributed by atoms with E-state index in [1.807, 2.05) is 0 Å². The van der Waals surface area contributed by atoms with E-state index in [9.17, 15) is 4.39 Å². The largest absolute Gasteiger partial charge is 0.385 e. The Morgan fingerprint density at radius 1 is 1.36 bits per heavy atom. The molecule has 0 saturated carbocycles. The predicted molar refractivity (Wildman–Crippen MR) is 54.7 cm³/mol. The molecule has 1 aromatic carbocycles. The van der Waals surface area contributed by atoms with Crippen LogP contribution in [0.5, 0.6) is 0 Å². The third-order valence-electron chi connectivity index (χ3n) is 2.30. The molecule has 2 N–H and O–H groups in total. The highest BCUT2D eigenvalue weighted by molar-refractivity contribution is 5.20. The molecule has 1 unspecified atom stereocenters. The minimum atomic E-state index is -0.212. The molecule has 0 bridgehead atoms. The summed E-state index contributed by atoms with van der Waals surface area (Å²) in [6, 6.07) is 6.49. The van der Waals surface area contributed by atoms with Crippen LogP contribution in [-0.2, 0) is 4.74 Å². The van der Waals surface area contributed by atoms with Crippen molar-refractivity contribution in [3.63, 3.8) is 0 Å². The van der Waals surface area contributed by atoms with Crippen LogP contribution in [0.2, 0.25) is 0 Å². The molecule has 78 valence electrons. The van der Waals surface area contributed by atoms with E-state index in [4.69, 9.17) is 10.5 Å². The van der Waals surface area contributed by atoms with Crippen LogP contribution in [0.15, 0.2) is 24.3 Å². The molecule has 1 rings (SSSR count). The fourth-order valence-corrected chi connectivity index (χ4v) is 1.42. The molecule has 2 nitrogen and oxygen atoms in total. The number of nitrogens with two attached hydrogens (primary N) is 1. The standard InChI is InChI=1S/C11H16FNO/c1-14-7-6-10(8-13)9-2-4-11(12)5-3-9/h2-5,10H,6-8,13H2,1H3. The van der Waals surface area contributed by atoms with E-state index in [2.05, 4.69) is 0 Å². The van der Waals surface area contributed by atoms with Crippen molar-refractivity contribution in [2.45, 2.75) is 12.3 Å². The van der Waals surface area contributed by atoms with Gasteiger partial charge in [-0.2, -0.15) is 0 Å². The molecule has 0 amide bonds. The van der Waals surface area contributed by atoms with Gasteiger partial charge in [0.2, 0.25) is 0 Å². The molecule has 0 fully saturated rings. The lowest BCUT2D eigenvalue weighted by atomic mass is 9.96. The van der Waals surface area contributed by atoms with Gasteiger partial charge in [-0.3, -0.25) is 0 Å². The zero-order chi connectivity index (χ0) is 10.4. The summed E-state index contributed by atoms with van der Waals surface area (Å²) in [7, 11) is 1.66. The molecule has 1 atom stereocenters. The summed E-state index contributed by atoms with van der Waals surface area (Å²) in [4.78, 5) is 0. The molecule has 14 heavy (non-hydrogen) atoms. The SMILES string of the molecule is COCCC(CN)c1ccc(F)cc1. The van der Waals surface area contributed by atoms with Gasteiger partial charge in [0, 0.05) is 13.7 Å². The van der Waals surface area contributed by atoms with E-state index < -0.39 is 0 Å². The molecular formula is C11H16FNO. The summed E-state index contributed by atoms with van der Waals surface area (Å²) in [5.41, 5.74) is 6.71. The topological polar surface area (TPSA) is 35.2 Å². The van der Waals surface area contributed by atoms with E-state index in [0.717, 1.165) is 12.0 Å². The highest BCUT2D eigenvalue weighted by Gasteiger charge is 2.08. The lowest BCUT2D eigenvalue weighted by Crippen LogP contribution is -2.14. The van der Waals surface area contributed by atoms with Crippen molar-refractivity contribution in [2.24, 2.45) is 5.73 Å². The quantitative estimate of drug-likeness (QED) is 0.782. The summed E-state index contributed by atoms with van der Waals surface area (Å²) < 4.78 is 17.6. The number of rotatable bonds is 5. The second kappa shape index (κ2) is 5.73. The molecule has 0 aliphatic rings. The monoisotopic (exact) mass is 197 g/mol. The number of ether oxygens (including phenoxy) is 1. The average molecular weight is 197 g/mol. The second-order valence-electron chi connectivity index (χ2n) is 3.27. The van der Waals surface area contributed by atoms with Gasteiger partial charge in [-0.1, -0.05) is 12.1 Å². The summed E-state index contributed by atoms with van der Waals surface area (Å²) >= 11 is 0. The molecule has 0 aliphatic carbocycles. The smallest absolute Gasteiger partial charge is 0.123 e. The van der Waals surface area contributed by atoms with Crippen LogP contribution < -0.4 is 5.73 Å². The fraction of sp³-hybridized carbons (Fsp3) is 0.455. The molecule has 0 aromatic heterocycles. The summed E-state index contributed by atoms with van der Waals surface area (Å²) in [6.45, 7) is 1.24.